The van der Waals surface area contributed by atoms with Crippen molar-refractivity contribution in [2.45, 2.75) is 39.3 Å². The quantitative estimate of drug-likeness (QED) is 0.448. The summed E-state index contributed by atoms with van der Waals surface area (Å²) in [6, 6.07) is 5.78. The summed E-state index contributed by atoms with van der Waals surface area (Å²) in [7, 11) is -0.584. The lowest BCUT2D eigenvalue weighted by atomic mass is 10.0. The van der Waals surface area contributed by atoms with Crippen LogP contribution in [0.1, 0.15) is 32.1 Å². The number of halogens is 1. The lowest BCUT2D eigenvalue weighted by Crippen LogP contribution is -2.40. The Morgan fingerprint density at radius 1 is 1.24 bits per heavy atom. The van der Waals surface area contributed by atoms with Crippen LogP contribution in [0.2, 0.25) is 5.02 Å². The lowest BCUT2D eigenvalue weighted by molar-refractivity contribution is 0.0616. The summed E-state index contributed by atoms with van der Waals surface area (Å²) in [5.41, 5.74) is 1.75. The third-order valence-electron chi connectivity index (χ3n) is 5.93. The maximum Gasteiger partial charge on any atom is 0.281 e. The van der Waals surface area contributed by atoms with Crippen molar-refractivity contribution < 1.29 is 17.7 Å². The van der Waals surface area contributed by atoms with E-state index in [0.29, 0.717) is 29.7 Å². The van der Waals surface area contributed by atoms with Crippen LogP contribution < -0.4 is 0 Å². The zero-order valence-corrected chi connectivity index (χ0v) is 20.8. The summed E-state index contributed by atoms with van der Waals surface area (Å²) in [5.74, 6) is 1.18. The van der Waals surface area contributed by atoms with Crippen molar-refractivity contribution in [3.05, 3.63) is 35.3 Å². The molecule has 9 nitrogen and oxygen atoms in total. The summed E-state index contributed by atoms with van der Waals surface area (Å²) in [6.45, 7) is 4.70. The first-order chi connectivity index (χ1) is 15.8. The molecule has 11 heteroatoms. The SMILES string of the molecule is CCCN(Cc1nc(-c2cn(CC3CCOCC3)c3c(Cl)cccc23)no1)S(=O)(=O)N(C)C. The minimum absolute atomic E-state index is 0.0167. The van der Waals surface area contributed by atoms with E-state index in [4.69, 9.17) is 20.9 Å². The molecule has 3 heterocycles. The Kier molecular flexibility index (Phi) is 7.40. The number of hydrogen-bond acceptors (Lipinski definition) is 6. The van der Waals surface area contributed by atoms with Crippen molar-refractivity contribution in [2.24, 2.45) is 5.92 Å². The fraction of sp³-hybridized carbons (Fsp3) is 0.545. The van der Waals surface area contributed by atoms with Gasteiger partial charge in [-0.2, -0.15) is 22.0 Å². The molecule has 0 unspecified atom stereocenters. The number of para-hydroxylation sites is 1. The van der Waals surface area contributed by atoms with E-state index in [0.717, 1.165) is 49.1 Å². The van der Waals surface area contributed by atoms with Crippen LogP contribution in [0.15, 0.2) is 28.9 Å². The Balaban J connectivity index is 1.65. The van der Waals surface area contributed by atoms with Gasteiger partial charge in [0.2, 0.25) is 11.7 Å². The van der Waals surface area contributed by atoms with E-state index in [1.54, 1.807) is 0 Å². The van der Waals surface area contributed by atoms with Gasteiger partial charge in [-0.1, -0.05) is 35.8 Å². The predicted octanol–water partition coefficient (Wildman–Crippen LogP) is 3.79. The molecule has 0 saturated carbocycles. The molecule has 1 saturated heterocycles. The molecule has 0 atom stereocenters. The van der Waals surface area contributed by atoms with Gasteiger partial charge in [0.1, 0.15) is 0 Å². The highest BCUT2D eigenvalue weighted by molar-refractivity contribution is 7.86. The highest BCUT2D eigenvalue weighted by Crippen LogP contribution is 2.34. The van der Waals surface area contributed by atoms with Crippen LogP contribution >= 0.6 is 11.6 Å². The number of nitrogens with zero attached hydrogens (tertiary/aromatic N) is 5. The van der Waals surface area contributed by atoms with Gasteiger partial charge in [0.25, 0.3) is 10.2 Å². The van der Waals surface area contributed by atoms with E-state index < -0.39 is 10.2 Å². The minimum atomic E-state index is -3.60. The minimum Gasteiger partial charge on any atom is -0.381 e. The second-order valence-corrected chi connectivity index (χ2v) is 11.1. The zero-order valence-electron chi connectivity index (χ0n) is 19.2. The molecule has 0 aliphatic carbocycles. The highest BCUT2D eigenvalue weighted by Gasteiger charge is 2.27. The Bertz CT molecular complexity index is 1200. The Hall–Kier alpha value is -1.98. The van der Waals surface area contributed by atoms with Crippen LogP contribution in [0.5, 0.6) is 0 Å². The molecule has 180 valence electrons. The largest absolute Gasteiger partial charge is 0.381 e. The van der Waals surface area contributed by atoms with E-state index in [1.165, 1.54) is 22.7 Å². The van der Waals surface area contributed by atoms with Crippen LogP contribution in [0.4, 0.5) is 0 Å². The Morgan fingerprint density at radius 2 is 2.00 bits per heavy atom. The second kappa shape index (κ2) is 10.1. The fourth-order valence-electron chi connectivity index (χ4n) is 4.18. The molecule has 0 spiro atoms. The van der Waals surface area contributed by atoms with Crippen molar-refractivity contribution in [3.8, 4) is 11.4 Å². The Labute approximate surface area is 199 Å². The van der Waals surface area contributed by atoms with Gasteiger partial charge in [-0.25, -0.2) is 0 Å². The van der Waals surface area contributed by atoms with Crippen LogP contribution in [0.3, 0.4) is 0 Å². The van der Waals surface area contributed by atoms with Crippen LogP contribution in [0.25, 0.3) is 22.3 Å². The van der Waals surface area contributed by atoms with Crippen molar-refractivity contribution >= 4 is 32.7 Å². The highest BCUT2D eigenvalue weighted by atomic mass is 35.5. The first kappa shape index (κ1) is 24.2. The zero-order chi connectivity index (χ0) is 23.6. The third kappa shape index (κ3) is 5.09. The molecular formula is C22H30ClN5O4S. The number of hydrogen-bond donors (Lipinski definition) is 0. The molecule has 0 bridgehead atoms. The Morgan fingerprint density at radius 3 is 2.70 bits per heavy atom. The summed E-state index contributed by atoms with van der Waals surface area (Å²) >= 11 is 6.58. The first-order valence-corrected chi connectivity index (χ1v) is 12.9. The van der Waals surface area contributed by atoms with Crippen LogP contribution in [-0.4, -0.2) is 65.6 Å². The van der Waals surface area contributed by atoms with E-state index in [9.17, 15) is 8.42 Å². The third-order valence-corrected chi connectivity index (χ3v) is 8.12. The van der Waals surface area contributed by atoms with Crippen molar-refractivity contribution in [1.29, 1.82) is 0 Å². The monoisotopic (exact) mass is 495 g/mol. The summed E-state index contributed by atoms with van der Waals surface area (Å²) in [6.07, 6.45) is 4.71. The molecule has 33 heavy (non-hydrogen) atoms. The molecule has 1 aromatic carbocycles. The second-order valence-electron chi connectivity index (χ2n) is 8.52. The summed E-state index contributed by atoms with van der Waals surface area (Å²) < 4.78 is 40.9. The fourth-order valence-corrected chi connectivity index (χ4v) is 5.61. The van der Waals surface area contributed by atoms with E-state index in [2.05, 4.69) is 14.7 Å². The average molecular weight is 496 g/mol. The van der Waals surface area contributed by atoms with Gasteiger partial charge in [0, 0.05) is 57.5 Å². The molecule has 1 aliphatic rings. The molecule has 1 fully saturated rings. The number of rotatable bonds is 9. The molecular weight excluding hydrogens is 466 g/mol. The number of fused-ring (bicyclic) bond motifs is 1. The first-order valence-electron chi connectivity index (χ1n) is 11.2. The van der Waals surface area contributed by atoms with Crippen molar-refractivity contribution in [3.63, 3.8) is 0 Å². The maximum absolute atomic E-state index is 12.6. The van der Waals surface area contributed by atoms with Crippen LogP contribution in [0, 0.1) is 5.92 Å². The average Bonchev–Trinajstić information content (AvgIpc) is 3.39. The van der Waals surface area contributed by atoms with Crippen LogP contribution in [-0.2, 0) is 28.0 Å². The molecule has 4 rings (SSSR count). The van der Waals surface area contributed by atoms with Gasteiger partial charge in [-0.3, -0.25) is 0 Å². The van der Waals surface area contributed by atoms with E-state index in [1.807, 2.05) is 31.3 Å². The van der Waals surface area contributed by atoms with E-state index >= 15 is 0 Å². The summed E-state index contributed by atoms with van der Waals surface area (Å²) in [5, 5.41) is 5.77. The number of aromatic nitrogens is 3. The van der Waals surface area contributed by atoms with Gasteiger partial charge in [0.15, 0.2) is 0 Å². The molecule has 0 amide bonds. The van der Waals surface area contributed by atoms with Gasteiger partial charge in [0.05, 0.1) is 17.1 Å². The molecule has 3 aromatic rings. The number of benzene rings is 1. The van der Waals surface area contributed by atoms with E-state index in [-0.39, 0.29) is 12.4 Å². The molecule has 2 aromatic heterocycles. The summed E-state index contributed by atoms with van der Waals surface area (Å²) in [4.78, 5) is 4.54. The van der Waals surface area contributed by atoms with Gasteiger partial charge < -0.3 is 13.8 Å². The maximum atomic E-state index is 12.6. The molecule has 0 N–H and O–H groups in total. The van der Waals surface area contributed by atoms with Gasteiger partial charge in [-0.15, -0.1) is 0 Å². The van der Waals surface area contributed by atoms with Crippen molar-refractivity contribution in [1.82, 2.24) is 23.3 Å². The standard InChI is InChI=1S/C22H30ClN5O4S/c1-4-10-28(33(29,30)26(2)3)15-20-24-22(25-32-20)18-14-27(13-16-8-11-31-12-9-16)21-17(18)6-5-7-19(21)23/h5-7,14,16H,4,8-13,15H2,1-3H3. The van der Waals surface area contributed by atoms with Crippen molar-refractivity contribution in [2.75, 3.05) is 33.9 Å². The predicted molar refractivity (Wildman–Crippen MR) is 127 cm³/mol. The normalized spacial score (nSPS) is 15.8. The topological polar surface area (TPSA) is 93.7 Å². The number of ether oxygens (including phenoxy) is 1. The molecule has 0 radical (unpaired) electrons. The van der Waals surface area contributed by atoms with Gasteiger partial charge >= 0.3 is 0 Å². The lowest BCUT2D eigenvalue weighted by Gasteiger charge is -2.23. The molecule has 1 aliphatic heterocycles. The van der Waals surface area contributed by atoms with Gasteiger partial charge in [-0.05, 0) is 31.2 Å². The smallest absolute Gasteiger partial charge is 0.281 e.